The molecular formula is C14H15N3O4. The Morgan fingerprint density at radius 3 is 2.67 bits per heavy atom. The molecule has 0 atom stereocenters. The smallest absolute Gasteiger partial charge is 0.412 e. The molecule has 0 radical (unpaired) electrons. The first-order chi connectivity index (χ1) is 9.78. The molecule has 0 saturated heterocycles. The molecular weight excluding hydrogens is 274 g/mol. The van der Waals surface area contributed by atoms with Gasteiger partial charge in [0.15, 0.2) is 0 Å². The molecule has 0 fully saturated rings. The van der Waals surface area contributed by atoms with Crippen molar-refractivity contribution in [1.29, 1.82) is 0 Å². The second kappa shape index (κ2) is 5.35. The third-order valence-corrected chi connectivity index (χ3v) is 2.58. The van der Waals surface area contributed by atoms with Gasteiger partial charge >= 0.3 is 6.09 Å². The van der Waals surface area contributed by atoms with Crippen LogP contribution in [0.15, 0.2) is 30.5 Å². The summed E-state index contributed by atoms with van der Waals surface area (Å²) in [7, 11) is 0. The van der Waals surface area contributed by atoms with E-state index in [1.165, 1.54) is 18.3 Å². The predicted molar refractivity (Wildman–Crippen MR) is 78.3 cm³/mol. The van der Waals surface area contributed by atoms with Crippen LogP contribution < -0.4 is 5.32 Å². The number of pyridine rings is 1. The molecule has 0 bridgehead atoms. The summed E-state index contributed by atoms with van der Waals surface area (Å²) in [6.45, 7) is 5.26. The minimum atomic E-state index is -0.626. The molecule has 1 aromatic carbocycles. The van der Waals surface area contributed by atoms with E-state index in [1.54, 1.807) is 32.9 Å². The van der Waals surface area contributed by atoms with Crippen LogP contribution in [0.2, 0.25) is 0 Å². The van der Waals surface area contributed by atoms with Gasteiger partial charge in [-0.05, 0) is 39.0 Å². The third kappa shape index (κ3) is 3.44. The van der Waals surface area contributed by atoms with Gasteiger partial charge in [-0.25, -0.2) is 9.78 Å². The Morgan fingerprint density at radius 2 is 2.05 bits per heavy atom. The van der Waals surface area contributed by atoms with Crippen molar-refractivity contribution >= 4 is 28.4 Å². The number of aromatic nitrogens is 1. The van der Waals surface area contributed by atoms with E-state index in [0.29, 0.717) is 11.1 Å². The van der Waals surface area contributed by atoms with Crippen LogP contribution in [0.25, 0.3) is 10.9 Å². The average Bonchev–Trinajstić information content (AvgIpc) is 2.36. The van der Waals surface area contributed by atoms with Crippen molar-refractivity contribution in [2.75, 3.05) is 5.32 Å². The second-order valence-corrected chi connectivity index (χ2v) is 5.42. The molecule has 0 unspecified atom stereocenters. The van der Waals surface area contributed by atoms with Gasteiger partial charge in [0.2, 0.25) is 0 Å². The largest absolute Gasteiger partial charge is 0.444 e. The van der Waals surface area contributed by atoms with E-state index in [0.717, 1.165) is 0 Å². The zero-order valence-electron chi connectivity index (χ0n) is 11.9. The van der Waals surface area contributed by atoms with Crippen molar-refractivity contribution in [1.82, 2.24) is 4.98 Å². The number of non-ortho nitro benzene ring substituents is 1. The zero-order chi connectivity index (χ0) is 15.6. The van der Waals surface area contributed by atoms with Gasteiger partial charge in [-0.15, -0.1) is 0 Å². The van der Waals surface area contributed by atoms with Gasteiger partial charge < -0.3 is 4.74 Å². The molecule has 0 aliphatic carbocycles. The third-order valence-electron chi connectivity index (χ3n) is 2.58. The molecule has 7 heteroatoms. The summed E-state index contributed by atoms with van der Waals surface area (Å²) in [5, 5.41) is 14.1. The van der Waals surface area contributed by atoms with E-state index < -0.39 is 16.6 Å². The number of carbonyl (C=O) groups excluding carboxylic acids is 1. The van der Waals surface area contributed by atoms with E-state index in [9.17, 15) is 14.9 Å². The topological polar surface area (TPSA) is 94.4 Å². The van der Waals surface area contributed by atoms with Gasteiger partial charge in [-0.2, -0.15) is 0 Å². The SMILES string of the molecule is CC(C)(C)OC(=O)Nc1ccc([N+](=O)[O-])c2ncccc12. The molecule has 0 aliphatic heterocycles. The minimum Gasteiger partial charge on any atom is -0.444 e. The zero-order valence-corrected chi connectivity index (χ0v) is 11.9. The highest BCUT2D eigenvalue weighted by molar-refractivity contribution is 6.02. The summed E-state index contributed by atoms with van der Waals surface area (Å²) < 4.78 is 5.16. The molecule has 0 aliphatic rings. The molecule has 1 N–H and O–H groups in total. The number of anilines is 1. The molecule has 1 heterocycles. The van der Waals surface area contributed by atoms with Crippen LogP contribution in [0.1, 0.15) is 20.8 Å². The Labute approximate surface area is 121 Å². The van der Waals surface area contributed by atoms with Crippen LogP contribution in [0.5, 0.6) is 0 Å². The van der Waals surface area contributed by atoms with Gasteiger partial charge in [0.25, 0.3) is 5.69 Å². The summed E-state index contributed by atoms with van der Waals surface area (Å²) in [6.07, 6.45) is 0.841. The van der Waals surface area contributed by atoms with Crippen molar-refractivity contribution in [2.24, 2.45) is 0 Å². The maximum absolute atomic E-state index is 11.8. The first kappa shape index (κ1) is 14.7. The fourth-order valence-corrected chi connectivity index (χ4v) is 1.83. The van der Waals surface area contributed by atoms with E-state index in [2.05, 4.69) is 10.3 Å². The maximum Gasteiger partial charge on any atom is 0.412 e. The highest BCUT2D eigenvalue weighted by Crippen LogP contribution is 2.29. The van der Waals surface area contributed by atoms with Crippen LogP contribution in [-0.2, 0) is 4.74 Å². The van der Waals surface area contributed by atoms with Crippen LogP contribution in [0.4, 0.5) is 16.2 Å². The minimum absolute atomic E-state index is 0.111. The fraction of sp³-hybridized carbons (Fsp3) is 0.286. The van der Waals surface area contributed by atoms with E-state index in [-0.39, 0.29) is 11.2 Å². The number of nitro benzene ring substituents is 1. The van der Waals surface area contributed by atoms with Gasteiger partial charge in [0, 0.05) is 17.6 Å². The Hall–Kier alpha value is -2.70. The number of nitrogens with zero attached hydrogens (tertiary/aromatic N) is 2. The first-order valence-electron chi connectivity index (χ1n) is 6.30. The molecule has 110 valence electrons. The second-order valence-electron chi connectivity index (χ2n) is 5.42. The Morgan fingerprint density at radius 1 is 1.33 bits per heavy atom. The molecule has 2 rings (SSSR count). The lowest BCUT2D eigenvalue weighted by molar-refractivity contribution is -0.383. The number of rotatable bonds is 2. The van der Waals surface area contributed by atoms with E-state index in [1.807, 2.05) is 0 Å². The summed E-state index contributed by atoms with van der Waals surface area (Å²) in [4.78, 5) is 26.3. The normalized spacial score (nSPS) is 11.2. The van der Waals surface area contributed by atoms with Crippen LogP contribution >= 0.6 is 0 Å². The number of amides is 1. The molecule has 0 saturated carbocycles. The Kier molecular flexibility index (Phi) is 3.75. The van der Waals surface area contributed by atoms with Crippen LogP contribution in [0, 0.1) is 10.1 Å². The van der Waals surface area contributed by atoms with Crippen molar-refractivity contribution in [2.45, 2.75) is 26.4 Å². The standard InChI is InChI=1S/C14H15N3O4/c1-14(2,3)21-13(18)16-10-6-7-11(17(19)20)12-9(10)5-4-8-15-12/h4-8H,1-3H3,(H,16,18). The molecule has 0 spiro atoms. The van der Waals surface area contributed by atoms with Gasteiger partial charge in [-0.1, -0.05) is 0 Å². The number of hydrogen-bond donors (Lipinski definition) is 1. The van der Waals surface area contributed by atoms with Crippen LogP contribution in [0.3, 0.4) is 0 Å². The highest BCUT2D eigenvalue weighted by Gasteiger charge is 2.19. The van der Waals surface area contributed by atoms with Gasteiger partial charge in [0.05, 0.1) is 10.6 Å². The lowest BCUT2D eigenvalue weighted by Gasteiger charge is -2.20. The van der Waals surface area contributed by atoms with Crippen molar-refractivity contribution in [3.8, 4) is 0 Å². The fourth-order valence-electron chi connectivity index (χ4n) is 1.83. The van der Waals surface area contributed by atoms with Crippen LogP contribution in [-0.4, -0.2) is 21.6 Å². The number of fused-ring (bicyclic) bond motifs is 1. The summed E-state index contributed by atoms with van der Waals surface area (Å²) in [5.74, 6) is 0. The lowest BCUT2D eigenvalue weighted by Crippen LogP contribution is -2.27. The summed E-state index contributed by atoms with van der Waals surface area (Å²) in [5.41, 5.74) is -0.104. The molecule has 2 aromatic rings. The first-order valence-corrected chi connectivity index (χ1v) is 6.30. The molecule has 1 aromatic heterocycles. The quantitative estimate of drug-likeness (QED) is 0.674. The van der Waals surface area contributed by atoms with Crippen molar-refractivity contribution < 1.29 is 14.5 Å². The van der Waals surface area contributed by atoms with Crippen molar-refractivity contribution in [3.05, 3.63) is 40.6 Å². The maximum atomic E-state index is 11.8. The van der Waals surface area contributed by atoms with Crippen molar-refractivity contribution in [3.63, 3.8) is 0 Å². The average molecular weight is 289 g/mol. The summed E-state index contributed by atoms with van der Waals surface area (Å²) in [6, 6.07) is 6.07. The number of nitro groups is 1. The molecule has 21 heavy (non-hydrogen) atoms. The number of carbonyl (C=O) groups is 1. The number of ether oxygens (including phenoxy) is 1. The Balaban J connectivity index is 2.40. The van der Waals surface area contributed by atoms with Gasteiger partial charge in [0.1, 0.15) is 11.1 Å². The number of hydrogen-bond acceptors (Lipinski definition) is 5. The number of nitrogens with one attached hydrogen (secondary N) is 1. The van der Waals surface area contributed by atoms with E-state index in [4.69, 9.17) is 4.74 Å². The summed E-state index contributed by atoms with van der Waals surface area (Å²) >= 11 is 0. The predicted octanol–water partition coefficient (Wildman–Crippen LogP) is 3.49. The molecule has 1 amide bonds. The molecule has 7 nitrogen and oxygen atoms in total. The lowest BCUT2D eigenvalue weighted by atomic mass is 10.1. The van der Waals surface area contributed by atoms with E-state index >= 15 is 0 Å². The Bertz CT molecular complexity index is 707. The highest BCUT2D eigenvalue weighted by atomic mass is 16.6. The monoisotopic (exact) mass is 289 g/mol. The van der Waals surface area contributed by atoms with Gasteiger partial charge in [-0.3, -0.25) is 15.4 Å². The number of benzene rings is 1.